The third-order valence-electron chi connectivity index (χ3n) is 4.47. The Morgan fingerprint density at radius 2 is 1.81 bits per heavy atom. The van der Waals surface area contributed by atoms with Gasteiger partial charge in [-0.25, -0.2) is 13.8 Å². The van der Waals surface area contributed by atoms with Crippen LogP contribution in [0.3, 0.4) is 0 Å². The maximum Gasteiger partial charge on any atom is 0.255 e. The fourth-order valence-corrected chi connectivity index (χ4v) is 2.91. The number of anilines is 2. The molecule has 2 aromatic carbocycles. The van der Waals surface area contributed by atoms with Crippen molar-refractivity contribution in [2.24, 2.45) is 0 Å². The third kappa shape index (κ3) is 4.95. The number of ether oxygens (including phenoxy) is 1. The van der Waals surface area contributed by atoms with E-state index in [1.807, 2.05) is 0 Å². The number of aromatic nitrogens is 1. The fraction of sp³-hybridized carbons (Fsp3) is 0.136. The molecule has 0 saturated heterocycles. The number of nitrogens with zero attached hydrogens (tertiary/aromatic N) is 1. The summed E-state index contributed by atoms with van der Waals surface area (Å²) in [5.41, 5.74) is 0.820. The molecule has 31 heavy (non-hydrogen) atoms. The van der Waals surface area contributed by atoms with Crippen LogP contribution in [0, 0.1) is 11.6 Å². The minimum Gasteiger partial charge on any atom is -0.495 e. The van der Waals surface area contributed by atoms with E-state index in [1.165, 1.54) is 32.5 Å². The van der Waals surface area contributed by atoms with E-state index in [0.717, 1.165) is 12.1 Å². The lowest BCUT2D eigenvalue weighted by molar-refractivity contribution is -0.122. The molecule has 1 unspecified atom stereocenters. The van der Waals surface area contributed by atoms with E-state index < -0.39 is 29.5 Å². The van der Waals surface area contributed by atoms with Crippen molar-refractivity contribution in [3.63, 3.8) is 0 Å². The molecule has 0 spiro atoms. The topological polar surface area (TPSA) is 92.4 Å². The lowest BCUT2D eigenvalue weighted by Gasteiger charge is -2.19. The van der Waals surface area contributed by atoms with Gasteiger partial charge in [-0.05, 0) is 42.0 Å². The molecule has 0 aliphatic carbocycles. The molecule has 3 rings (SSSR count). The van der Waals surface area contributed by atoms with Gasteiger partial charge < -0.3 is 20.7 Å². The fourth-order valence-electron chi connectivity index (χ4n) is 2.91. The van der Waals surface area contributed by atoms with Crippen LogP contribution >= 0.6 is 0 Å². The van der Waals surface area contributed by atoms with Gasteiger partial charge in [0, 0.05) is 13.2 Å². The van der Waals surface area contributed by atoms with E-state index in [-0.39, 0.29) is 16.9 Å². The molecular formula is C22H20F2N4O3. The van der Waals surface area contributed by atoms with Crippen molar-refractivity contribution < 1.29 is 23.1 Å². The molecule has 0 aliphatic heterocycles. The first-order valence-electron chi connectivity index (χ1n) is 9.27. The quantitative estimate of drug-likeness (QED) is 0.539. The number of carbonyl (C=O) groups excluding carboxylic acids is 2. The van der Waals surface area contributed by atoms with Gasteiger partial charge in [0.1, 0.15) is 17.6 Å². The van der Waals surface area contributed by atoms with Gasteiger partial charge in [-0.15, -0.1) is 0 Å². The van der Waals surface area contributed by atoms with Gasteiger partial charge in [0.15, 0.2) is 11.6 Å². The van der Waals surface area contributed by atoms with E-state index in [2.05, 4.69) is 20.9 Å². The Morgan fingerprint density at radius 1 is 1.03 bits per heavy atom. The Bertz CT molecular complexity index is 1110. The van der Waals surface area contributed by atoms with E-state index >= 15 is 0 Å². The smallest absolute Gasteiger partial charge is 0.255 e. The van der Waals surface area contributed by atoms with Crippen LogP contribution < -0.4 is 20.7 Å². The van der Waals surface area contributed by atoms with Crippen LogP contribution in [0.1, 0.15) is 22.0 Å². The number of methoxy groups -OCH3 is 1. The summed E-state index contributed by atoms with van der Waals surface area (Å²) in [7, 11) is 2.89. The molecular weight excluding hydrogens is 406 g/mol. The summed E-state index contributed by atoms with van der Waals surface area (Å²) < 4.78 is 32.3. The number of carbonyl (C=O) groups is 2. The van der Waals surface area contributed by atoms with Crippen LogP contribution in [0.2, 0.25) is 0 Å². The highest BCUT2D eigenvalue weighted by Crippen LogP contribution is 2.28. The van der Waals surface area contributed by atoms with Gasteiger partial charge in [-0.1, -0.05) is 18.2 Å². The molecule has 0 fully saturated rings. The second-order valence-electron chi connectivity index (χ2n) is 6.42. The number of pyridine rings is 1. The van der Waals surface area contributed by atoms with E-state index in [9.17, 15) is 18.4 Å². The molecule has 0 radical (unpaired) electrons. The number of hydrogen-bond acceptors (Lipinski definition) is 5. The largest absolute Gasteiger partial charge is 0.495 e. The average molecular weight is 426 g/mol. The van der Waals surface area contributed by atoms with Crippen LogP contribution in [0.5, 0.6) is 5.75 Å². The molecule has 3 N–H and O–H groups in total. The Morgan fingerprint density at radius 3 is 2.52 bits per heavy atom. The summed E-state index contributed by atoms with van der Waals surface area (Å²) in [6.45, 7) is 0. The molecule has 7 nitrogen and oxygen atoms in total. The Kier molecular flexibility index (Phi) is 6.76. The first-order valence-corrected chi connectivity index (χ1v) is 9.27. The van der Waals surface area contributed by atoms with Gasteiger partial charge in [-0.3, -0.25) is 9.59 Å². The van der Waals surface area contributed by atoms with Gasteiger partial charge >= 0.3 is 0 Å². The van der Waals surface area contributed by atoms with Crippen molar-refractivity contribution in [3.05, 3.63) is 83.6 Å². The highest BCUT2D eigenvalue weighted by atomic mass is 19.2. The first kappa shape index (κ1) is 21.7. The number of hydrogen-bond donors (Lipinski definition) is 3. The molecule has 0 bridgehead atoms. The number of para-hydroxylation sites is 2. The minimum atomic E-state index is -1.24. The van der Waals surface area contributed by atoms with Crippen molar-refractivity contribution in [2.45, 2.75) is 6.04 Å². The Balaban J connectivity index is 1.91. The van der Waals surface area contributed by atoms with Crippen molar-refractivity contribution in [1.82, 2.24) is 15.6 Å². The zero-order valence-electron chi connectivity index (χ0n) is 16.8. The molecule has 1 aromatic heterocycles. The molecule has 160 valence electrons. The van der Waals surface area contributed by atoms with E-state index in [0.29, 0.717) is 11.4 Å². The van der Waals surface area contributed by atoms with Gasteiger partial charge in [-0.2, -0.15) is 0 Å². The summed E-state index contributed by atoms with van der Waals surface area (Å²) in [5, 5.41) is 8.00. The van der Waals surface area contributed by atoms with Crippen molar-refractivity contribution >= 4 is 23.3 Å². The molecule has 1 atom stereocenters. The number of benzene rings is 2. The lowest BCUT2D eigenvalue weighted by Crippen LogP contribution is -2.39. The normalized spacial score (nSPS) is 11.4. The zero-order chi connectivity index (χ0) is 22.4. The SMILES string of the molecule is CNC(=O)C(NC(=O)c1cccnc1Nc1ccccc1OC)c1ccc(F)c(F)c1. The van der Waals surface area contributed by atoms with Gasteiger partial charge in [0.05, 0.1) is 18.4 Å². The molecule has 1 heterocycles. The summed E-state index contributed by atoms with van der Waals surface area (Å²) in [4.78, 5) is 29.5. The molecule has 2 amide bonds. The molecule has 0 saturated carbocycles. The second-order valence-corrected chi connectivity index (χ2v) is 6.42. The van der Waals surface area contributed by atoms with E-state index in [4.69, 9.17) is 4.74 Å². The van der Waals surface area contributed by atoms with Crippen molar-refractivity contribution in [2.75, 3.05) is 19.5 Å². The second kappa shape index (κ2) is 9.66. The van der Waals surface area contributed by atoms with Crippen molar-refractivity contribution in [1.29, 1.82) is 0 Å². The van der Waals surface area contributed by atoms with Crippen LogP contribution in [-0.4, -0.2) is 31.0 Å². The first-order chi connectivity index (χ1) is 14.9. The zero-order valence-corrected chi connectivity index (χ0v) is 16.8. The van der Waals surface area contributed by atoms with Gasteiger partial charge in [0.25, 0.3) is 5.91 Å². The highest BCUT2D eigenvalue weighted by molar-refractivity contribution is 6.01. The Hall–Kier alpha value is -4.01. The van der Waals surface area contributed by atoms with Crippen molar-refractivity contribution in [3.8, 4) is 5.75 Å². The van der Waals surface area contributed by atoms with Crippen LogP contribution in [-0.2, 0) is 4.79 Å². The minimum absolute atomic E-state index is 0.0923. The number of halogens is 2. The van der Waals surface area contributed by atoms with Crippen LogP contribution in [0.4, 0.5) is 20.3 Å². The summed E-state index contributed by atoms with van der Waals surface area (Å²) in [6, 6.07) is 11.9. The maximum atomic E-state index is 13.7. The maximum absolute atomic E-state index is 13.7. The predicted molar refractivity (Wildman–Crippen MR) is 111 cm³/mol. The summed E-state index contributed by atoms with van der Waals surface area (Å²) >= 11 is 0. The summed E-state index contributed by atoms with van der Waals surface area (Å²) in [5.74, 6) is -2.64. The van der Waals surface area contributed by atoms with Crippen LogP contribution in [0.15, 0.2) is 60.8 Å². The molecule has 0 aliphatic rings. The summed E-state index contributed by atoms with van der Waals surface area (Å²) in [6.07, 6.45) is 1.50. The number of likely N-dealkylation sites (N-methyl/N-ethyl adjacent to an activating group) is 1. The molecule has 9 heteroatoms. The highest BCUT2D eigenvalue weighted by Gasteiger charge is 2.25. The number of nitrogens with one attached hydrogen (secondary N) is 3. The standard InChI is InChI=1S/C22H20F2N4O3/c1-25-22(30)19(13-9-10-15(23)16(24)12-13)28-21(29)14-6-5-11-26-20(14)27-17-7-3-4-8-18(17)31-2/h3-12,19H,1-2H3,(H,25,30)(H,26,27)(H,28,29). The third-order valence-corrected chi connectivity index (χ3v) is 4.47. The number of amides is 2. The van der Waals surface area contributed by atoms with Gasteiger partial charge in [0.2, 0.25) is 5.91 Å². The van der Waals surface area contributed by atoms with E-state index in [1.54, 1.807) is 30.3 Å². The Labute approximate surface area is 177 Å². The number of rotatable bonds is 7. The molecule has 3 aromatic rings. The lowest BCUT2D eigenvalue weighted by atomic mass is 10.0. The monoisotopic (exact) mass is 426 g/mol. The van der Waals surface area contributed by atoms with Crippen LogP contribution in [0.25, 0.3) is 0 Å². The average Bonchev–Trinajstić information content (AvgIpc) is 2.79. The predicted octanol–water partition coefficient (Wildman–Crippen LogP) is 3.33.